The molecule has 1 aliphatic carbocycles. The summed E-state index contributed by atoms with van der Waals surface area (Å²) >= 11 is 11.4. The van der Waals surface area contributed by atoms with Crippen LogP contribution < -0.4 is 11.1 Å². The first-order valence-electron chi connectivity index (χ1n) is 5.66. The number of nitrogens with zero attached hydrogens (tertiary/aromatic N) is 2. The number of aliphatic hydroxyl groups is 3. The second-order valence-corrected chi connectivity index (χ2v) is 5.15. The van der Waals surface area contributed by atoms with Crippen LogP contribution in [0.25, 0.3) is 0 Å². The maximum atomic E-state index is 9.88. The van der Waals surface area contributed by atoms with Gasteiger partial charge in [0.15, 0.2) is 11.0 Å². The highest BCUT2D eigenvalue weighted by Gasteiger charge is 2.41. The summed E-state index contributed by atoms with van der Waals surface area (Å²) in [5, 5.41) is 31.5. The monoisotopic (exact) mass is 308 g/mol. The third kappa shape index (κ3) is 2.85. The minimum atomic E-state index is -1.04. The predicted octanol–water partition coefficient (Wildman–Crippen LogP) is -0.120. The van der Waals surface area contributed by atoms with E-state index in [1.54, 1.807) is 0 Å². The minimum Gasteiger partial charge on any atom is -0.396 e. The highest BCUT2D eigenvalue weighted by Crippen LogP contribution is 2.32. The van der Waals surface area contributed by atoms with E-state index in [1.165, 1.54) is 0 Å². The number of hydrogen-bond acceptors (Lipinski definition) is 7. The molecule has 1 heterocycles. The lowest BCUT2D eigenvalue weighted by Gasteiger charge is -2.19. The van der Waals surface area contributed by atoms with Crippen molar-refractivity contribution < 1.29 is 15.3 Å². The molecule has 0 bridgehead atoms. The zero-order valence-corrected chi connectivity index (χ0v) is 11.3. The van der Waals surface area contributed by atoms with Crippen molar-refractivity contribution in [3.8, 4) is 0 Å². The molecule has 1 fully saturated rings. The van der Waals surface area contributed by atoms with E-state index in [9.17, 15) is 10.2 Å². The first-order valence-corrected chi connectivity index (χ1v) is 6.41. The van der Waals surface area contributed by atoms with Crippen molar-refractivity contribution >= 4 is 34.7 Å². The van der Waals surface area contributed by atoms with Crippen molar-refractivity contribution in [1.29, 1.82) is 0 Å². The zero-order valence-electron chi connectivity index (χ0n) is 9.79. The number of halogens is 2. The van der Waals surface area contributed by atoms with Crippen LogP contribution in [0.5, 0.6) is 0 Å². The summed E-state index contributed by atoms with van der Waals surface area (Å²) in [5.41, 5.74) is 5.82. The molecule has 9 heteroatoms. The molecule has 1 saturated carbocycles. The lowest BCUT2D eigenvalue weighted by atomic mass is 10.1. The van der Waals surface area contributed by atoms with E-state index in [4.69, 9.17) is 34.0 Å². The summed E-state index contributed by atoms with van der Waals surface area (Å²) in [4.78, 5) is 7.56. The maximum Gasteiger partial charge on any atom is 0.225 e. The Balaban J connectivity index is 2.18. The van der Waals surface area contributed by atoms with Crippen LogP contribution in [0.1, 0.15) is 6.42 Å². The Kier molecular flexibility index (Phi) is 4.32. The molecule has 0 radical (unpaired) electrons. The highest BCUT2D eigenvalue weighted by atomic mass is 35.5. The molecule has 1 aromatic rings. The van der Waals surface area contributed by atoms with Crippen molar-refractivity contribution in [1.82, 2.24) is 9.97 Å². The largest absolute Gasteiger partial charge is 0.396 e. The Morgan fingerprint density at radius 2 is 1.95 bits per heavy atom. The molecule has 0 aromatic carbocycles. The third-order valence-corrected chi connectivity index (χ3v) is 3.69. The summed E-state index contributed by atoms with van der Waals surface area (Å²) in [6.07, 6.45) is -1.67. The number of hydrogen-bond donors (Lipinski definition) is 5. The van der Waals surface area contributed by atoms with Crippen LogP contribution in [0.15, 0.2) is 0 Å². The lowest BCUT2D eigenvalue weighted by Crippen LogP contribution is -2.35. The number of rotatable bonds is 3. The number of nitrogen functional groups attached to an aromatic ring is 1. The van der Waals surface area contributed by atoms with E-state index in [0.717, 1.165) is 0 Å². The van der Waals surface area contributed by atoms with Gasteiger partial charge in [-0.15, -0.1) is 0 Å². The van der Waals surface area contributed by atoms with Crippen LogP contribution in [0.2, 0.25) is 10.4 Å². The molecule has 1 aliphatic rings. The van der Waals surface area contributed by atoms with E-state index < -0.39 is 24.2 Å². The normalized spacial score (nSPS) is 30.6. The average Bonchev–Trinajstić information content (AvgIpc) is 2.63. The fourth-order valence-electron chi connectivity index (χ4n) is 2.15. The number of nitrogens with one attached hydrogen (secondary N) is 1. The molecule has 7 nitrogen and oxygen atoms in total. The fourth-order valence-corrected chi connectivity index (χ4v) is 2.53. The average molecular weight is 309 g/mol. The van der Waals surface area contributed by atoms with Crippen LogP contribution >= 0.6 is 23.2 Å². The summed E-state index contributed by atoms with van der Waals surface area (Å²) in [6.45, 7) is -0.211. The van der Waals surface area contributed by atoms with Gasteiger partial charge in [0.25, 0.3) is 0 Å². The zero-order chi connectivity index (χ0) is 14.2. The van der Waals surface area contributed by atoms with Crippen molar-refractivity contribution in [3.05, 3.63) is 10.4 Å². The molecule has 2 rings (SSSR count). The minimum absolute atomic E-state index is 0.00856. The SMILES string of the molecule is Nc1c(Cl)nc(Cl)nc1NC1CC(CO)C(O)C1O. The molecular weight excluding hydrogens is 295 g/mol. The van der Waals surface area contributed by atoms with Gasteiger partial charge in [-0.2, -0.15) is 4.98 Å². The Labute approximate surface area is 119 Å². The number of aliphatic hydroxyl groups excluding tert-OH is 3. The van der Waals surface area contributed by atoms with Crippen molar-refractivity contribution in [2.75, 3.05) is 17.7 Å². The number of aromatic nitrogens is 2. The summed E-state index contributed by atoms with van der Waals surface area (Å²) < 4.78 is 0. The highest BCUT2D eigenvalue weighted by molar-refractivity contribution is 6.34. The van der Waals surface area contributed by atoms with Gasteiger partial charge in [0.05, 0.1) is 12.1 Å². The second-order valence-electron chi connectivity index (χ2n) is 4.46. The molecule has 6 N–H and O–H groups in total. The topological polar surface area (TPSA) is 125 Å². The molecule has 0 saturated heterocycles. The first-order chi connectivity index (χ1) is 8.93. The molecule has 106 valence electrons. The van der Waals surface area contributed by atoms with E-state index in [1.807, 2.05) is 0 Å². The summed E-state index contributed by atoms with van der Waals surface area (Å²) in [6, 6.07) is -0.503. The van der Waals surface area contributed by atoms with Gasteiger partial charge >= 0.3 is 0 Å². The van der Waals surface area contributed by atoms with Crippen molar-refractivity contribution in [2.45, 2.75) is 24.7 Å². The van der Waals surface area contributed by atoms with Crippen LogP contribution in [0.3, 0.4) is 0 Å². The summed E-state index contributed by atoms with van der Waals surface area (Å²) in [5.74, 6) is -0.207. The van der Waals surface area contributed by atoms with Crippen LogP contribution in [-0.4, -0.2) is 50.1 Å². The Bertz CT molecular complexity index is 476. The van der Waals surface area contributed by atoms with Crippen LogP contribution in [-0.2, 0) is 0 Å². The van der Waals surface area contributed by atoms with Crippen molar-refractivity contribution in [3.63, 3.8) is 0 Å². The van der Waals surface area contributed by atoms with Gasteiger partial charge in [0.2, 0.25) is 5.28 Å². The van der Waals surface area contributed by atoms with E-state index >= 15 is 0 Å². The van der Waals surface area contributed by atoms with Gasteiger partial charge in [-0.1, -0.05) is 11.6 Å². The second kappa shape index (κ2) is 5.64. The van der Waals surface area contributed by atoms with Gasteiger partial charge in [-0.25, -0.2) is 4.98 Å². The Morgan fingerprint density at radius 3 is 2.53 bits per heavy atom. The number of anilines is 2. The lowest BCUT2D eigenvalue weighted by molar-refractivity contribution is 0.00446. The predicted molar refractivity (Wildman–Crippen MR) is 71.1 cm³/mol. The summed E-state index contributed by atoms with van der Waals surface area (Å²) in [7, 11) is 0. The van der Waals surface area contributed by atoms with E-state index in [0.29, 0.717) is 6.42 Å². The third-order valence-electron chi connectivity index (χ3n) is 3.23. The van der Waals surface area contributed by atoms with Gasteiger partial charge < -0.3 is 26.4 Å². The molecule has 0 spiro atoms. The quantitative estimate of drug-likeness (QED) is 0.389. The smallest absolute Gasteiger partial charge is 0.225 e. The molecular formula is C10H14Cl2N4O3. The molecule has 4 unspecified atom stereocenters. The van der Waals surface area contributed by atoms with Gasteiger partial charge in [-0.3, -0.25) is 0 Å². The van der Waals surface area contributed by atoms with Gasteiger partial charge in [0.1, 0.15) is 11.8 Å². The molecule has 19 heavy (non-hydrogen) atoms. The van der Waals surface area contributed by atoms with E-state index in [2.05, 4.69) is 15.3 Å². The fraction of sp³-hybridized carbons (Fsp3) is 0.600. The van der Waals surface area contributed by atoms with Gasteiger partial charge in [0, 0.05) is 12.5 Å². The first kappa shape index (κ1) is 14.5. The van der Waals surface area contributed by atoms with Gasteiger partial charge in [-0.05, 0) is 18.0 Å². The molecule has 1 aromatic heterocycles. The Morgan fingerprint density at radius 1 is 1.26 bits per heavy atom. The molecule has 0 amide bonds. The van der Waals surface area contributed by atoms with Crippen LogP contribution in [0.4, 0.5) is 11.5 Å². The number of nitrogens with two attached hydrogens (primary N) is 1. The van der Waals surface area contributed by atoms with Crippen molar-refractivity contribution in [2.24, 2.45) is 5.92 Å². The molecule has 0 aliphatic heterocycles. The molecule has 4 atom stereocenters. The van der Waals surface area contributed by atoms with E-state index in [-0.39, 0.29) is 28.5 Å². The Hall–Kier alpha value is -0.860. The van der Waals surface area contributed by atoms with Crippen LogP contribution in [0, 0.1) is 5.92 Å². The standard InChI is InChI=1S/C10H14Cl2N4O3/c11-8-5(13)9(16-10(12)15-8)14-4-1-3(2-17)6(18)7(4)19/h3-4,6-7,17-19H,1-2,13H2,(H,14,15,16). The maximum absolute atomic E-state index is 9.88.